The molecule has 0 heterocycles. The lowest BCUT2D eigenvalue weighted by Gasteiger charge is -2.08. The minimum atomic E-state index is -1.30. The fourth-order valence-electron chi connectivity index (χ4n) is 0.258. The average Bonchev–Trinajstić information content (AvgIpc) is 1.63. The molecule has 0 amide bonds. The first-order chi connectivity index (χ1) is 4.06. The molecule has 54 valence electrons. The van der Waals surface area contributed by atoms with Crippen LogP contribution in [0.1, 0.15) is 0 Å². The number of hydrogen-bond acceptors (Lipinski definition) is 1. The summed E-state index contributed by atoms with van der Waals surface area (Å²) in [5.74, 6) is 0. The van der Waals surface area contributed by atoms with Crippen LogP contribution >= 0.6 is 34.8 Å². The molecule has 0 N–H and O–H groups in total. The lowest BCUT2D eigenvalue weighted by Crippen LogP contribution is -2.12. The Morgan fingerprint density at radius 3 is 2.33 bits per heavy atom. The third kappa shape index (κ3) is 8.57. The normalized spacial score (nSPS) is 11.4. The summed E-state index contributed by atoms with van der Waals surface area (Å²) in [4.78, 5) is 0. The van der Waals surface area contributed by atoms with Crippen LogP contribution in [-0.2, 0) is 4.74 Å². The first kappa shape index (κ1) is 9.57. The van der Waals surface area contributed by atoms with E-state index in [1.165, 1.54) is 0 Å². The van der Waals surface area contributed by atoms with Gasteiger partial charge in [0.2, 0.25) is 3.79 Å². The van der Waals surface area contributed by atoms with Crippen molar-refractivity contribution in [1.29, 1.82) is 0 Å². The predicted octanol–water partition coefficient (Wildman–Crippen LogP) is 2.56. The van der Waals surface area contributed by atoms with Gasteiger partial charge >= 0.3 is 0 Å². The zero-order valence-corrected chi connectivity index (χ0v) is 7.01. The highest BCUT2D eigenvalue weighted by molar-refractivity contribution is 6.67. The van der Waals surface area contributed by atoms with Crippen LogP contribution in [0.15, 0.2) is 12.7 Å². The topological polar surface area (TPSA) is 9.23 Å². The second-order valence-electron chi connectivity index (χ2n) is 1.42. The molecule has 0 rings (SSSR count). The van der Waals surface area contributed by atoms with Crippen molar-refractivity contribution < 1.29 is 4.74 Å². The van der Waals surface area contributed by atoms with Gasteiger partial charge in [0.15, 0.2) is 0 Å². The zero-order valence-electron chi connectivity index (χ0n) is 4.74. The molecular weight excluding hydrogens is 182 g/mol. The van der Waals surface area contributed by atoms with Crippen molar-refractivity contribution in [2.24, 2.45) is 0 Å². The molecule has 0 aromatic rings. The third-order valence-corrected chi connectivity index (χ3v) is 0.829. The van der Waals surface area contributed by atoms with Crippen LogP contribution in [0.2, 0.25) is 0 Å². The molecule has 0 aliphatic rings. The first-order valence-electron chi connectivity index (χ1n) is 2.31. The van der Waals surface area contributed by atoms with Crippen molar-refractivity contribution in [2.45, 2.75) is 3.79 Å². The van der Waals surface area contributed by atoms with Gasteiger partial charge in [0.05, 0.1) is 13.2 Å². The van der Waals surface area contributed by atoms with E-state index in [9.17, 15) is 0 Å². The SMILES string of the molecule is C=CCOCC(Cl)(Cl)Cl. The second kappa shape index (κ2) is 4.40. The molecule has 0 saturated heterocycles. The highest BCUT2D eigenvalue weighted by Gasteiger charge is 2.18. The summed E-state index contributed by atoms with van der Waals surface area (Å²) in [7, 11) is 0. The standard InChI is InChI=1S/C5H7Cl3O/c1-2-3-9-4-5(6,7)8/h2H,1,3-4H2. The van der Waals surface area contributed by atoms with Crippen molar-refractivity contribution in [3.63, 3.8) is 0 Å². The summed E-state index contributed by atoms with van der Waals surface area (Å²) in [5, 5.41) is 0. The van der Waals surface area contributed by atoms with Gasteiger partial charge in [0.25, 0.3) is 0 Å². The van der Waals surface area contributed by atoms with Crippen LogP contribution in [0.25, 0.3) is 0 Å². The molecule has 0 aliphatic heterocycles. The molecule has 0 atom stereocenters. The molecule has 0 saturated carbocycles. The Kier molecular flexibility index (Phi) is 4.67. The third-order valence-electron chi connectivity index (χ3n) is 0.501. The lowest BCUT2D eigenvalue weighted by atomic mass is 10.7. The van der Waals surface area contributed by atoms with Crippen LogP contribution in [0, 0.1) is 0 Å². The Morgan fingerprint density at radius 1 is 1.44 bits per heavy atom. The molecule has 0 aliphatic carbocycles. The van der Waals surface area contributed by atoms with Crippen LogP contribution in [0.3, 0.4) is 0 Å². The van der Waals surface area contributed by atoms with E-state index in [2.05, 4.69) is 6.58 Å². The minimum absolute atomic E-state index is 0.101. The summed E-state index contributed by atoms with van der Waals surface area (Å²) < 4.78 is 3.53. The average molecular weight is 189 g/mol. The zero-order chi connectivity index (χ0) is 7.33. The van der Waals surface area contributed by atoms with E-state index in [0.717, 1.165) is 0 Å². The van der Waals surface area contributed by atoms with Gasteiger partial charge in [-0.3, -0.25) is 0 Å². The second-order valence-corrected chi connectivity index (χ2v) is 3.94. The van der Waals surface area contributed by atoms with E-state index in [4.69, 9.17) is 39.5 Å². The maximum Gasteiger partial charge on any atom is 0.213 e. The molecule has 0 radical (unpaired) electrons. The van der Waals surface area contributed by atoms with Crippen molar-refractivity contribution in [3.05, 3.63) is 12.7 Å². The maximum absolute atomic E-state index is 5.34. The number of halogens is 3. The van der Waals surface area contributed by atoms with Gasteiger partial charge in [0.1, 0.15) is 0 Å². The number of alkyl halides is 3. The highest BCUT2D eigenvalue weighted by atomic mass is 35.6. The summed E-state index contributed by atoms with van der Waals surface area (Å²) in [5.41, 5.74) is 0. The van der Waals surface area contributed by atoms with Gasteiger partial charge in [0, 0.05) is 0 Å². The monoisotopic (exact) mass is 188 g/mol. The molecular formula is C5H7Cl3O. The molecule has 0 spiro atoms. The highest BCUT2D eigenvalue weighted by Crippen LogP contribution is 2.25. The fraction of sp³-hybridized carbons (Fsp3) is 0.600. The summed E-state index contributed by atoms with van der Waals surface area (Å²) >= 11 is 16.0. The number of rotatable bonds is 3. The van der Waals surface area contributed by atoms with E-state index < -0.39 is 3.79 Å². The Hall–Kier alpha value is 0.570. The molecule has 9 heavy (non-hydrogen) atoms. The smallest absolute Gasteiger partial charge is 0.213 e. The number of hydrogen-bond donors (Lipinski definition) is 0. The van der Waals surface area contributed by atoms with Gasteiger partial charge in [-0.15, -0.1) is 6.58 Å². The van der Waals surface area contributed by atoms with E-state index in [0.29, 0.717) is 6.61 Å². The largest absolute Gasteiger partial charge is 0.373 e. The van der Waals surface area contributed by atoms with Gasteiger partial charge in [-0.1, -0.05) is 40.9 Å². The van der Waals surface area contributed by atoms with E-state index in [1.54, 1.807) is 6.08 Å². The van der Waals surface area contributed by atoms with E-state index in [-0.39, 0.29) is 6.61 Å². The maximum atomic E-state index is 5.34. The molecule has 1 nitrogen and oxygen atoms in total. The fourth-order valence-corrected chi connectivity index (χ4v) is 0.489. The van der Waals surface area contributed by atoms with E-state index >= 15 is 0 Å². The Balaban J connectivity index is 3.17. The van der Waals surface area contributed by atoms with Gasteiger partial charge < -0.3 is 4.74 Å². The van der Waals surface area contributed by atoms with Crippen molar-refractivity contribution in [2.75, 3.05) is 13.2 Å². The summed E-state index contributed by atoms with van der Waals surface area (Å²) in [6, 6.07) is 0. The van der Waals surface area contributed by atoms with Gasteiger partial charge in [-0.2, -0.15) is 0 Å². The Morgan fingerprint density at radius 2 is 2.00 bits per heavy atom. The lowest BCUT2D eigenvalue weighted by molar-refractivity contribution is 0.168. The summed E-state index contributed by atoms with van der Waals surface area (Å²) in [6.45, 7) is 3.94. The van der Waals surface area contributed by atoms with Crippen molar-refractivity contribution >= 4 is 34.8 Å². The minimum Gasteiger partial charge on any atom is -0.373 e. The van der Waals surface area contributed by atoms with Gasteiger partial charge in [-0.05, 0) is 0 Å². The molecule has 0 bridgehead atoms. The molecule has 0 aromatic heterocycles. The Bertz CT molecular complexity index is 86.7. The van der Waals surface area contributed by atoms with Crippen LogP contribution in [0.4, 0.5) is 0 Å². The Labute approximate surface area is 69.5 Å². The molecule has 4 heteroatoms. The van der Waals surface area contributed by atoms with Gasteiger partial charge in [-0.25, -0.2) is 0 Å². The molecule has 0 fully saturated rings. The predicted molar refractivity (Wildman–Crippen MR) is 41.3 cm³/mol. The molecule has 0 unspecified atom stereocenters. The summed E-state index contributed by atoms with van der Waals surface area (Å²) in [6.07, 6.45) is 1.59. The van der Waals surface area contributed by atoms with Crippen LogP contribution < -0.4 is 0 Å². The van der Waals surface area contributed by atoms with Crippen LogP contribution in [0.5, 0.6) is 0 Å². The van der Waals surface area contributed by atoms with E-state index in [1.807, 2.05) is 0 Å². The van der Waals surface area contributed by atoms with Crippen molar-refractivity contribution in [1.82, 2.24) is 0 Å². The quantitative estimate of drug-likeness (QED) is 0.377. The molecule has 0 aromatic carbocycles. The number of ether oxygens (including phenoxy) is 1. The van der Waals surface area contributed by atoms with Crippen LogP contribution in [-0.4, -0.2) is 17.0 Å². The van der Waals surface area contributed by atoms with Crippen molar-refractivity contribution in [3.8, 4) is 0 Å². The first-order valence-corrected chi connectivity index (χ1v) is 3.45.